The Morgan fingerprint density at radius 2 is 1.16 bits per heavy atom. The maximum Gasteiger partial charge on any atom is 0.251 e. The molecule has 358 valence electrons. The number of amides is 2. The predicted octanol–water partition coefficient (Wildman–Crippen LogP) is 10.4. The minimum absolute atomic E-state index is 0.0700. The van der Waals surface area contributed by atoms with Crippen LogP contribution in [0.1, 0.15) is 102 Å². The van der Waals surface area contributed by atoms with Gasteiger partial charge in [0.25, 0.3) is 11.8 Å². The molecule has 2 amide bonds. The molecule has 6 aromatic rings. The van der Waals surface area contributed by atoms with Gasteiger partial charge in [0.2, 0.25) is 16.7 Å². The molecule has 1 aliphatic rings. The number of nitrogens with one attached hydrogen (secondary N) is 4. The van der Waals surface area contributed by atoms with Gasteiger partial charge in [-0.2, -0.15) is 4.57 Å². The van der Waals surface area contributed by atoms with Crippen LogP contribution >= 0.6 is 0 Å². The number of fused-ring (bicyclic) bond motifs is 2. The summed E-state index contributed by atoms with van der Waals surface area (Å²) in [7, 11) is 4.00. The van der Waals surface area contributed by atoms with E-state index in [2.05, 4.69) is 83.8 Å². The average molecular weight is 927 g/mol. The molecule has 1 heterocycles. The minimum atomic E-state index is -0.0726. The van der Waals surface area contributed by atoms with E-state index in [-0.39, 0.29) is 11.8 Å². The second-order valence-corrected chi connectivity index (χ2v) is 18.5. The van der Waals surface area contributed by atoms with Gasteiger partial charge in [-0.25, -0.2) is 14.6 Å². The van der Waals surface area contributed by atoms with E-state index < -0.39 is 0 Å². The van der Waals surface area contributed by atoms with Crippen LogP contribution in [0, 0.1) is 20.8 Å². The Balaban J connectivity index is 0.754. The molecule has 0 radical (unpaired) electrons. The van der Waals surface area contributed by atoms with Gasteiger partial charge >= 0.3 is 0 Å². The Labute approximate surface area is 407 Å². The highest BCUT2D eigenvalue weighted by Gasteiger charge is 2.18. The van der Waals surface area contributed by atoms with Gasteiger partial charge in [-0.15, -0.1) is 0 Å². The largest absolute Gasteiger partial charge is 0.399 e. The zero-order chi connectivity index (χ0) is 49.0. The van der Waals surface area contributed by atoms with E-state index in [0.717, 1.165) is 154 Å². The Kier molecular flexibility index (Phi) is 16.6. The van der Waals surface area contributed by atoms with Crippen molar-refractivity contribution in [1.82, 2.24) is 15.6 Å². The number of aliphatic imine (C=N–C) groups is 1. The van der Waals surface area contributed by atoms with Crippen LogP contribution in [-0.4, -0.2) is 67.0 Å². The number of hydrogen-bond acceptors (Lipinski definition) is 8. The van der Waals surface area contributed by atoms with Crippen LogP contribution in [-0.2, 0) is 7.05 Å². The molecule has 8 N–H and O–H groups in total. The maximum absolute atomic E-state index is 12.9. The van der Waals surface area contributed by atoms with Gasteiger partial charge in [-0.3, -0.25) is 9.59 Å². The summed E-state index contributed by atoms with van der Waals surface area (Å²) >= 11 is 0. The number of nitrogen functional groups attached to an aromatic ring is 1. The van der Waals surface area contributed by atoms with E-state index in [1.165, 1.54) is 5.56 Å². The molecule has 0 bridgehead atoms. The smallest absolute Gasteiger partial charge is 0.251 e. The molecule has 5 aromatic carbocycles. The van der Waals surface area contributed by atoms with Crippen LogP contribution in [0.2, 0.25) is 0 Å². The van der Waals surface area contributed by atoms with Crippen LogP contribution in [0.25, 0.3) is 33.2 Å². The third kappa shape index (κ3) is 12.8. The number of carbonyl (C=O) groups is 2. The lowest BCUT2D eigenvalue weighted by Gasteiger charge is -2.13. The first-order chi connectivity index (χ1) is 33.2. The predicted molar refractivity (Wildman–Crippen MR) is 287 cm³/mol. The van der Waals surface area contributed by atoms with Crippen molar-refractivity contribution in [3.63, 3.8) is 0 Å². The molecule has 0 saturated carbocycles. The minimum Gasteiger partial charge on any atom is -0.399 e. The number of aryl methyl sites for hydroxylation is 4. The van der Waals surface area contributed by atoms with E-state index in [4.69, 9.17) is 21.4 Å². The lowest BCUT2D eigenvalue weighted by molar-refractivity contribution is -0.617. The molecule has 0 saturated heterocycles. The number of benzene rings is 5. The van der Waals surface area contributed by atoms with Crippen LogP contribution in [0.3, 0.4) is 0 Å². The first kappa shape index (κ1) is 49.6. The van der Waals surface area contributed by atoms with E-state index in [1.807, 2.05) is 92.2 Å². The van der Waals surface area contributed by atoms with Crippen molar-refractivity contribution < 1.29 is 18.7 Å². The van der Waals surface area contributed by atoms with E-state index in [0.29, 0.717) is 30.6 Å². The molecule has 12 nitrogen and oxygen atoms in total. The maximum atomic E-state index is 12.9. The zero-order valence-corrected chi connectivity index (χ0v) is 41.4. The molecule has 0 fully saturated rings. The van der Waals surface area contributed by atoms with Gasteiger partial charge in [-0.1, -0.05) is 56.0 Å². The summed E-state index contributed by atoms with van der Waals surface area (Å²) in [5, 5.41) is 13.4. The highest BCUT2D eigenvalue weighted by Crippen LogP contribution is 2.34. The number of carbonyl (C=O) groups excluding carboxylic acids is 2. The first-order valence-corrected chi connectivity index (χ1v) is 24.4. The molecule has 0 unspecified atom stereocenters. The summed E-state index contributed by atoms with van der Waals surface area (Å²) in [6, 6.07) is 27.9. The molecule has 0 aliphatic heterocycles. The molecule has 69 heavy (non-hydrogen) atoms. The normalized spacial score (nSPS) is 13.0. The highest BCUT2D eigenvalue weighted by atomic mass is 16.2. The topological polar surface area (TPSA) is 166 Å². The third-order valence-electron chi connectivity index (χ3n) is 13.1. The molecule has 0 atom stereocenters. The Morgan fingerprint density at radius 1 is 0.667 bits per heavy atom. The standard InChI is InChI=1S/C57H68N10O2/c1-37-30-45(24-25-46(37)58)64-50-32-39(3)48(35-53(50)66(5)6)60-26-12-8-10-14-28-62-56(68)43-20-16-41(17-21-43)42-18-22-44(23-19-42)57(69)63-29-15-11-9-13-27-61-49-36-55-52(33-40(49)4)65-51-31-38(2)47(59)34-54(51)67(55)7/h16-23,25,30-36,60H,5,8-15,24,26-29,58H2,1-4,6-7H3,(H3-,59,61,62,63,68,69)/p+2. The summed E-state index contributed by atoms with van der Waals surface area (Å²) in [4.78, 5) is 35.7. The van der Waals surface area contributed by atoms with Crippen molar-refractivity contribution in [2.24, 2.45) is 17.8 Å². The van der Waals surface area contributed by atoms with Gasteiger partial charge < -0.3 is 32.7 Å². The van der Waals surface area contributed by atoms with Gasteiger partial charge in [0.1, 0.15) is 37.5 Å². The van der Waals surface area contributed by atoms with Crippen LogP contribution in [0.4, 0.5) is 28.4 Å². The Morgan fingerprint density at radius 3 is 1.70 bits per heavy atom. The fourth-order valence-corrected chi connectivity index (χ4v) is 8.70. The number of rotatable bonds is 21. The number of unbranched alkanes of at least 4 members (excludes halogenated alkanes) is 6. The number of nitrogens with zero attached hydrogens (tertiary/aromatic N) is 4. The summed E-state index contributed by atoms with van der Waals surface area (Å²) in [5.74, 6) is -0.143. The van der Waals surface area contributed by atoms with Gasteiger partial charge in [0.05, 0.1) is 0 Å². The second-order valence-electron chi connectivity index (χ2n) is 18.5. The molecular formula is C57H70N10O2+2. The number of anilines is 3. The average Bonchev–Trinajstić information content (AvgIpc) is 3.33. The van der Waals surface area contributed by atoms with Crippen LogP contribution in [0.15, 0.2) is 113 Å². The van der Waals surface area contributed by atoms with E-state index >= 15 is 0 Å². The van der Waals surface area contributed by atoms with Crippen molar-refractivity contribution in [2.45, 2.75) is 85.5 Å². The quantitative estimate of drug-likeness (QED) is 0.0137. The van der Waals surface area contributed by atoms with Crippen molar-refractivity contribution in [3.05, 3.63) is 136 Å². The van der Waals surface area contributed by atoms with E-state index in [9.17, 15) is 9.59 Å². The number of nitrogens with two attached hydrogens (primary N) is 2. The summed E-state index contributed by atoms with van der Waals surface area (Å²) in [6.07, 6.45) is 12.9. The lowest BCUT2D eigenvalue weighted by Crippen LogP contribution is -2.31. The molecule has 12 heteroatoms. The summed E-state index contributed by atoms with van der Waals surface area (Å²) in [6.45, 7) is 15.4. The van der Waals surface area contributed by atoms with Gasteiger partial charge in [0, 0.05) is 90.4 Å². The molecule has 1 aliphatic carbocycles. The van der Waals surface area contributed by atoms with Crippen molar-refractivity contribution in [1.29, 1.82) is 0 Å². The summed E-state index contributed by atoms with van der Waals surface area (Å²) < 4.78 is 4.02. The highest BCUT2D eigenvalue weighted by molar-refractivity contribution is 6.01. The molecule has 1 aromatic heterocycles. The Bertz CT molecular complexity index is 2950. The Hall–Kier alpha value is -7.34. The van der Waals surface area contributed by atoms with Crippen molar-refractivity contribution in [2.75, 3.05) is 49.6 Å². The van der Waals surface area contributed by atoms with Gasteiger partial charge in [-0.05, 0) is 135 Å². The monoisotopic (exact) mass is 927 g/mol. The number of allylic oxidation sites excluding steroid dienone is 3. The van der Waals surface area contributed by atoms with Crippen LogP contribution < -0.4 is 37.3 Å². The number of aromatic nitrogens is 2. The zero-order valence-electron chi connectivity index (χ0n) is 41.4. The lowest BCUT2D eigenvalue weighted by atomic mass is 10.0. The van der Waals surface area contributed by atoms with E-state index in [1.54, 1.807) is 0 Å². The fourth-order valence-electron chi connectivity index (χ4n) is 8.70. The molecule has 7 rings (SSSR count). The van der Waals surface area contributed by atoms with Gasteiger partial charge in [0.15, 0.2) is 0 Å². The molecular weight excluding hydrogens is 857 g/mol. The van der Waals surface area contributed by atoms with Crippen molar-refractivity contribution >= 4 is 74.7 Å². The second kappa shape index (κ2) is 23.1. The third-order valence-corrected chi connectivity index (χ3v) is 13.1. The first-order valence-electron chi connectivity index (χ1n) is 24.4. The fraction of sp³-hybridized carbons (Fsp3) is 0.333. The number of hydrogen-bond donors (Lipinski definition) is 6. The summed E-state index contributed by atoms with van der Waals surface area (Å²) in [5.41, 5.74) is 30.5. The molecule has 0 spiro atoms. The van der Waals surface area contributed by atoms with Crippen LogP contribution in [0.5, 0.6) is 0 Å². The SMILES string of the molecule is C=[N+](C)c1cc(NCCCCCCNC(=O)c2ccc(-c3ccc(C(=O)NCCCCCCNc4cc5c(cc4C)nc4cc(C)c(N)cc4[n+]5C)cc3)cc2)c(C)cc1N=C1C=C(C)C(N)=CC1. The van der Waals surface area contributed by atoms with Crippen molar-refractivity contribution in [3.8, 4) is 11.1 Å².